The molecule has 8 heteroatoms. The molecule has 0 unspecified atom stereocenters. The van der Waals surface area contributed by atoms with Crippen LogP contribution >= 0.6 is 11.8 Å². The summed E-state index contributed by atoms with van der Waals surface area (Å²) in [6.07, 6.45) is 6.72. The Balaban J connectivity index is 2.30. The second kappa shape index (κ2) is 8.80. The summed E-state index contributed by atoms with van der Waals surface area (Å²) in [5.74, 6) is 2.93. The van der Waals surface area contributed by atoms with Gasteiger partial charge in [-0.2, -0.15) is 0 Å². The Hall–Kier alpha value is -2.92. The first kappa shape index (κ1) is 18.4. The van der Waals surface area contributed by atoms with Gasteiger partial charge in [-0.1, -0.05) is 12.0 Å². The summed E-state index contributed by atoms with van der Waals surface area (Å²) >= 11 is 0.959. The Labute approximate surface area is 149 Å². The highest BCUT2D eigenvalue weighted by Gasteiger charge is 2.14. The van der Waals surface area contributed by atoms with Gasteiger partial charge < -0.3 is 14.6 Å². The zero-order valence-corrected chi connectivity index (χ0v) is 14.6. The molecule has 0 fully saturated rings. The molecule has 0 radical (unpaired) electrons. The summed E-state index contributed by atoms with van der Waals surface area (Å²) in [5, 5.41) is 16.4. The van der Waals surface area contributed by atoms with Crippen LogP contribution in [0.2, 0.25) is 0 Å². The third-order valence-corrected chi connectivity index (χ3v) is 3.74. The maximum Gasteiger partial charge on any atom is 0.342 e. The number of nitrogens with zero attached hydrogens (tertiary/aromatic N) is 2. The number of aromatic nitrogens is 3. The lowest BCUT2D eigenvalue weighted by molar-refractivity contribution is -0.131. The number of aliphatic carboxylic acids is 1. The van der Waals surface area contributed by atoms with Crippen LogP contribution in [-0.2, 0) is 4.79 Å². The molecule has 1 aromatic carbocycles. The average molecular weight is 359 g/mol. The lowest BCUT2D eigenvalue weighted by atomic mass is 10.2. The summed E-state index contributed by atoms with van der Waals surface area (Å²) in [6, 6.07) is 5.11. The third-order valence-electron chi connectivity index (χ3n) is 2.87. The number of hydrogen-bond acceptors (Lipinski definition) is 6. The van der Waals surface area contributed by atoms with Gasteiger partial charge in [0.1, 0.15) is 17.3 Å². The standard InChI is InChI=1S/C17H17N3O4S/c1-4-8-24-13-7-6-12(9-14(13)23-5-2)10-15(16(21)22)25-17-18-11(3)19-20-17/h1,6-7,9-10H,5,8H2,2-3H3,(H,21,22)(H,18,19,20). The molecule has 0 spiro atoms. The van der Waals surface area contributed by atoms with E-state index >= 15 is 0 Å². The molecule has 0 aliphatic heterocycles. The number of H-pyrrole nitrogens is 1. The van der Waals surface area contributed by atoms with E-state index in [0.717, 1.165) is 11.8 Å². The molecule has 7 nitrogen and oxygen atoms in total. The first-order valence-electron chi connectivity index (χ1n) is 7.38. The fourth-order valence-corrected chi connectivity index (χ4v) is 2.63. The minimum Gasteiger partial charge on any atom is -0.490 e. The molecule has 1 heterocycles. The Morgan fingerprint density at radius 3 is 2.84 bits per heavy atom. The number of thioether (sulfide) groups is 1. The van der Waals surface area contributed by atoms with Crippen molar-refractivity contribution in [3.63, 3.8) is 0 Å². The fraction of sp³-hybridized carbons (Fsp3) is 0.235. The number of terminal acetylenes is 1. The number of carboxylic acid groups (broad SMARTS) is 1. The minimum atomic E-state index is -1.07. The van der Waals surface area contributed by atoms with Gasteiger partial charge in [0.2, 0.25) is 5.16 Å². The number of ether oxygens (including phenoxy) is 2. The molecule has 0 saturated heterocycles. The van der Waals surface area contributed by atoms with Crippen LogP contribution in [0.4, 0.5) is 0 Å². The summed E-state index contributed by atoms with van der Waals surface area (Å²) in [7, 11) is 0. The Morgan fingerprint density at radius 1 is 1.44 bits per heavy atom. The van der Waals surface area contributed by atoms with Crippen molar-refractivity contribution in [3.05, 3.63) is 34.5 Å². The first-order valence-corrected chi connectivity index (χ1v) is 8.20. The van der Waals surface area contributed by atoms with E-state index in [9.17, 15) is 9.90 Å². The Kier molecular flexibility index (Phi) is 6.48. The summed E-state index contributed by atoms with van der Waals surface area (Å²) in [4.78, 5) is 15.7. The lowest BCUT2D eigenvalue weighted by Crippen LogP contribution is -2.00. The van der Waals surface area contributed by atoms with E-state index in [1.54, 1.807) is 25.1 Å². The number of rotatable bonds is 8. The SMILES string of the molecule is C#CCOc1ccc(C=C(Sc2n[nH]c(C)n2)C(=O)O)cc1OCC. The number of hydrogen-bond donors (Lipinski definition) is 2. The zero-order valence-electron chi connectivity index (χ0n) is 13.8. The van der Waals surface area contributed by atoms with E-state index in [1.165, 1.54) is 6.08 Å². The highest BCUT2D eigenvalue weighted by Crippen LogP contribution is 2.31. The van der Waals surface area contributed by atoms with Gasteiger partial charge in [-0.15, -0.1) is 11.5 Å². The van der Waals surface area contributed by atoms with Gasteiger partial charge in [0, 0.05) is 0 Å². The number of nitrogens with one attached hydrogen (secondary N) is 1. The first-order chi connectivity index (χ1) is 12.0. The molecule has 2 aromatic rings. The topological polar surface area (TPSA) is 97.3 Å². The molecule has 2 N–H and O–H groups in total. The molecule has 0 aliphatic carbocycles. The lowest BCUT2D eigenvalue weighted by Gasteiger charge is -2.11. The highest BCUT2D eigenvalue weighted by atomic mass is 32.2. The van der Waals surface area contributed by atoms with E-state index in [2.05, 4.69) is 21.1 Å². The van der Waals surface area contributed by atoms with Crippen LogP contribution in [0.5, 0.6) is 11.5 Å². The van der Waals surface area contributed by atoms with Crippen LogP contribution < -0.4 is 9.47 Å². The van der Waals surface area contributed by atoms with E-state index in [-0.39, 0.29) is 11.5 Å². The van der Waals surface area contributed by atoms with Crippen molar-refractivity contribution in [3.8, 4) is 23.8 Å². The van der Waals surface area contributed by atoms with E-state index < -0.39 is 5.97 Å². The van der Waals surface area contributed by atoms with Crippen LogP contribution in [0.25, 0.3) is 6.08 Å². The second-order valence-electron chi connectivity index (χ2n) is 4.75. The molecule has 130 valence electrons. The molecular weight excluding hydrogens is 342 g/mol. The van der Waals surface area contributed by atoms with Gasteiger partial charge >= 0.3 is 5.97 Å². The van der Waals surface area contributed by atoms with Crippen LogP contribution in [0.15, 0.2) is 28.3 Å². The molecule has 0 aliphatic rings. The van der Waals surface area contributed by atoms with Crippen molar-refractivity contribution < 1.29 is 19.4 Å². The van der Waals surface area contributed by atoms with Gasteiger partial charge in [0.05, 0.1) is 6.61 Å². The van der Waals surface area contributed by atoms with Crippen LogP contribution in [-0.4, -0.2) is 39.5 Å². The molecule has 1 aromatic heterocycles. The van der Waals surface area contributed by atoms with Crippen molar-refractivity contribution in [1.29, 1.82) is 0 Å². The van der Waals surface area contributed by atoms with E-state index in [0.29, 0.717) is 34.7 Å². The van der Waals surface area contributed by atoms with Crippen molar-refractivity contribution >= 4 is 23.8 Å². The maximum absolute atomic E-state index is 11.5. The van der Waals surface area contributed by atoms with E-state index in [4.69, 9.17) is 15.9 Å². The molecule has 2 rings (SSSR count). The van der Waals surface area contributed by atoms with Gasteiger partial charge in [0.15, 0.2) is 11.5 Å². The molecule has 0 atom stereocenters. The Bertz CT molecular complexity index is 824. The van der Waals surface area contributed by atoms with Crippen LogP contribution in [0.1, 0.15) is 18.3 Å². The number of carboxylic acids is 1. The van der Waals surface area contributed by atoms with Gasteiger partial charge in [0.25, 0.3) is 0 Å². The molecular formula is C17H17N3O4S. The zero-order chi connectivity index (χ0) is 18.2. The van der Waals surface area contributed by atoms with Crippen molar-refractivity contribution in [1.82, 2.24) is 15.2 Å². The quantitative estimate of drug-likeness (QED) is 0.425. The van der Waals surface area contributed by atoms with Crippen LogP contribution in [0.3, 0.4) is 0 Å². The summed E-state index contributed by atoms with van der Waals surface area (Å²) in [6.45, 7) is 4.15. The second-order valence-corrected chi connectivity index (χ2v) is 5.76. The highest BCUT2D eigenvalue weighted by molar-refractivity contribution is 8.04. The van der Waals surface area contributed by atoms with Gasteiger partial charge in [-0.3, -0.25) is 5.10 Å². The average Bonchev–Trinajstić information content (AvgIpc) is 2.99. The number of carbonyl (C=O) groups is 1. The summed E-state index contributed by atoms with van der Waals surface area (Å²) < 4.78 is 10.9. The predicted molar refractivity (Wildman–Crippen MR) is 94.5 cm³/mol. The van der Waals surface area contributed by atoms with Crippen molar-refractivity contribution in [2.75, 3.05) is 13.2 Å². The van der Waals surface area contributed by atoms with Crippen molar-refractivity contribution in [2.24, 2.45) is 0 Å². The molecule has 25 heavy (non-hydrogen) atoms. The van der Waals surface area contributed by atoms with E-state index in [1.807, 2.05) is 6.92 Å². The normalized spacial score (nSPS) is 11.0. The minimum absolute atomic E-state index is 0.0822. The van der Waals surface area contributed by atoms with Gasteiger partial charge in [-0.25, -0.2) is 9.78 Å². The monoisotopic (exact) mass is 359 g/mol. The molecule has 0 bridgehead atoms. The smallest absolute Gasteiger partial charge is 0.342 e. The van der Waals surface area contributed by atoms with Gasteiger partial charge in [-0.05, 0) is 49.4 Å². The van der Waals surface area contributed by atoms with Crippen molar-refractivity contribution in [2.45, 2.75) is 19.0 Å². The third kappa shape index (κ3) is 5.29. The van der Waals surface area contributed by atoms with Crippen LogP contribution in [0, 0.1) is 19.3 Å². The largest absolute Gasteiger partial charge is 0.490 e. The molecule has 0 saturated carbocycles. The number of aromatic amines is 1. The Morgan fingerprint density at radius 2 is 2.24 bits per heavy atom. The molecule has 0 amide bonds. The number of benzene rings is 1. The predicted octanol–water partition coefficient (Wildman–Crippen LogP) is 2.74. The summed E-state index contributed by atoms with van der Waals surface area (Å²) in [5.41, 5.74) is 0.647. The maximum atomic E-state index is 11.5. The fourth-order valence-electron chi connectivity index (χ4n) is 1.87. The number of aryl methyl sites for hydroxylation is 1.